The predicted octanol–water partition coefficient (Wildman–Crippen LogP) is 0.215. The fourth-order valence-corrected chi connectivity index (χ4v) is 1.95. The molecule has 0 spiro atoms. The van der Waals surface area contributed by atoms with E-state index in [4.69, 9.17) is 5.11 Å². The Hall–Kier alpha value is -0.610. The zero-order chi connectivity index (χ0) is 11.3. The molecule has 2 N–H and O–H groups in total. The molecule has 15 heavy (non-hydrogen) atoms. The van der Waals surface area contributed by atoms with Gasteiger partial charge in [-0.2, -0.15) is 0 Å². The van der Waals surface area contributed by atoms with Crippen LogP contribution in [0.1, 0.15) is 26.2 Å². The molecule has 0 radical (unpaired) electrons. The summed E-state index contributed by atoms with van der Waals surface area (Å²) in [5.74, 6) is 0.683. The second kappa shape index (κ2) is 6.08. The molecule has 1 saturated heterocycles. The first-order valence-electron chi connectivity index (χ1n) is 5.78. The zero-order valence-corrected chi connectivity index (χ0v) is 9.70. The lowest BCUT2D eigenvalue weighted by Crippen LogP contribution is -2.39. The minimum Gasteiger partial charge on any atom is -0.396 e. The number of aliphatic hydroxyl groups excluding tert-OH is 1. The first-order valence-corrected chi connectivity index (χ1v) is 5.78. The van der Waals surface area contributed by atoms with Gasteiger partial charge in [-0.15, -0.1) is 0 Å². The standard InChI is InChI=1S/C11H22N2O2/c1-3-9(5-7-14)8-12-10-4-6-13(2)11(10)15/h9-10,12,14H,3-8H2,1-2H3. The quantitative estimate of drug-likeness (QED) is 0.665. The van der Waals surface area contributed by atoms with Gasteiger partial charge in [0.25, 0.3) is 0 Å². The molecule has 0 bridgehead atoms. The summed E-state index contributed by atoms with van der Waals surface area (Å²) in [6.45, 7) is 4.04. The number of nitrogens with one attached hydrogen (secondary N) is 1. The van der Waals surface area contributed by atoms with Gasteiger partial charge in [0.05, 0.1) is 6.04 Å². The van der Waals surface area contributed by atoms with Gasteiger partial charge in [0.2, 0.25) is 5.91 Å². The molecule has 1 amide bonds. The van der Waals surface area contributed by atoms with E-state index in [1.165, 1.54) is 0 Å². The highest BCUT2D eigenvalue weighted by Gasteiger charge is 2.28. The third-order valence-corrected chi connectivity index (χ3v) is 3.20. The zero-order valence-electron chi connectivity index (χ0n) is 9.70. The van der Waals surface area contributed by atoms with Crippen molar-refractivity contribution in [1.82, 2.24) is 10.2 Å². The first-order chi connectivity index (χ1) is 7.19. The molecule has 88 valence electrons. The predicted molar refractivity (Wildman–Crippen MR) is 59.5 cm³/mol. The van der Waals surface area contributed by atoms with Crippen LogP contribution in [-0.4, -0.2) is 48.7 Å². The van der Waals surface area contributed by atoms with Crippen molar-refractivity contribution in [1.29, 1.82) is 0 Å². The Balaban J connectivity index is 2.27. The van der Waals surface area contributed by atoms with E-state index in [0.717, 1.165) is 32.4 Å². The summed E-state index contributed by atoms with van der Waals surface area (Å²) in [7, 11) is 1.84. The van der Waals surface area contributed by atoms with Gasteiger partial charge in [-0.25, -0.2) is 0 Å². The van der Waals surface area contributed by atoms with Crippen LogP contribution in [-0.2, 0) is 4.79 Å². The molecule has 1 aliphatic heterocycles. The molecular weight excluding hydrogens is 192 g/mol. The van der Waals surface area contributed by atoms with Crippen molar-refractivity contribution in [3.63, 3.8) is 0 Å². The third kappa shape index (κ3) is 3.47. The normalized spacial score (nSPS) is 23.5. The topological polar surface area (TPSA) is 52.6 Å². The largest absolute Gasteiger partial charge is 0.396 e. The molecule has 1 fully saturated rings. The fraction of sp³-hybridized carbons (Fsp3) is 0.909. The number of carbonyl (C=O) groups excluding carboxylic acids is 1. The third-order valence-electron chi connectivity index (χ3n) is 3.20. The van der Waals surface area contributed by atoms with Crippen molar-refractivity contribution in [3.05, 3.63) is 0 Å². The molecule has 0 aliphatic carbocycles. The Bertz CT molecular complexity index is 209. The summed E-state index contributed by atoms with van der Waals surface area (Å²) in [5.41, 5.74) is 0. The maximum Gasteiger partial charge on any atom is 0.239 e. The first kappa shape index (κ1) is 12.5. The van der Waals surface area contributed by atoms with Crippen LogP contribution in [0, 0.1) is 5.92 Å². The number of nitrogens with zero attached hydrogens (tertiary/aromatic N) is 1. The second-order valence-electron chi connectivity index (χ2n) is 4.30. The molecular formula is C11H22N2O2. The van der Waals surface area contributed by atoms with Crippen molar-refractivity contribution in [2.24, 2.45) is 5.92 Å². The SMILES string of the molecule is CCC(CCO)CNC1CCN(C)C1=O. The summed E-state index contributed by atoms with van der Waals surface area (Å²) < 4.78 is 0. The summed E-state index contributed by atoms with van der Waals surface area (Å²) in [5, 5.41) is 12.1. The van der Waals surface area contributed by atoms with Gasteiger partial charge in [0, 0.05) is 20.2 Å². The monoisotopic (exact) mass is 214 g/mol. The molecule has 4 nitrogen and oxygen atoms in total. The van der Waals surface area contributed by atoms with Crippen LogP contribution in [0.4, 0.5) is 0 Å². The molecule has 0 aromatic heterocycles. The van der Waals surface area contributed by atoms with E-state index in [1.807, 2.05) is 7.05 Å². The van der Waals surface area contributed by atoms with E-state index in [9.17, 15) is 4.79 Å². The van der Waals surface area contributed by atoms with Gasteiger partial charge in [-0.1, -0.05) is 13.3 Å². The molecule has 0 saturated carbocycles. The van der Waals surface area contributed by atoms with E-state index in [2.05, 4.69) is 12.2 Å². The number of hydrogen-bond acceptors (Lipinski definition) is 3. The summed E-state index contributed by atoms with van der Waals surface area (Å²) in [6.07, 6.45) is 2.77. The van der Waals surface area contributed by atoms with Crippen LogP contribution >= 0.6 is 0 Å². The highest BCUT2D eigenvalue weighted by atomic mass is 16.3. The van der Waals surface area contributed by atoms with Crippen molar-refractivity contribution in [2.45, 2.75) is 32.2 Å². The number of hydrogen-bond donors (Lipinski definition) is 2. The van der Waals surface area contributed by atoms with Gasteiger partial charge in [-0.3, -0.25) is 4.79 Å². The Morgan fingerprint density at radius 2 is 2.40 bits per heavy atom. The van der Waals surface area contributed by atoms with Crippen molar-refractivity contribution in [3.8, 4) is 0 Å². The lowest BCUT2D eigenvalue weighted by atomic mass is 10.0. The maximum absolute atomic E-state index is 11.6. The van der Waals surface area contributed by atoms with E-state index >= 15 is 0 Å². The van der Waals surface area contributed by atoms with E-state index in [-0.39, 0.29) is 18.6 Å². The molecule has 2 unspecified atom stereocenters. The van der Waals surface area contributed by atoms with Crippen molar-refractivity contribution in [2.75, 3.05) is 26.7 Å². The lowest BCUT2D eigenvalue weighted by molar-refractivity contribution is -0.128. The Labute approximate surface area is 91.6 Å². The van der Waals surface area contributed by atoms with Crippen LogP contribution in [0.3, 0.4) is 0 Å². The van der Waals surface area contributed by atoms with Crippen LogP contribution in [0.2, 0.25) is 0 Å². The number of rotatable bonds is 6. The Kier molecular flexibility index (Phi) is 5.05. The lowest BCUT2D eigenvalue weighted by Gasteiger charge is -2.17. The smallest absolute Gasteiger partial charge is 0.239 e. The van der Waals surface area contributed by atoms with Gasteiger partial charge >= 0.3 is 0 Å². The number of carbonyl (C=O) groups is 1. The number of amides is 1. The molecule has 0 aromatic rings. The van der Waals surface area contributed by atoms with Gasteiger partial charge in [-0.05, 0) is 25.3 Å². The minimum atomic E-state index is 0.00254. The van der Waals surface area contributed by atoms with E-state index in [0.29, 0.717) is 5.92 Å². The molecule has 0 aromatic carbocycles. The highest BCUT2D eigenvalue weighted by molar-refractivity contribution is 5.83. The van der Waals surface area contributed by atoms with Crippen LogP contribution < -0.4 is 5.32 Å². The maximum atomic E-state index is 11.6. The van der Waals surface area contributed by atoms with E-state index < -0.39 is 0 Å². The van der Waals surface area contributed by atoms with Crippen molar-refractivity contribution < 1.29 is 9.90 Å². The van der Waals surface area contributed by atoms with E-state index in [1.54, 1.807) is 4.90 Å². The second-order valence-corrected chi connectivity index (χ2v) is 4.30. The Morgan fingerprint density at radius 3 is 2.87 bits per heavy atom. The molecule has 1 aliphatic rings. The molecule has 1 rings (SSSR count). The van der Waals surface area contributed by atoms with Gasteiger partial charge in [0.15, 0.2) is 0 Å². The van der Waals surface area contributed by atoms with Crippen LogP contribution in [0.5, 0.6) is 0 Å². The fourth-order valence-electron chi connectivity index (χ4n) is 1.95. The summed E-state index contributed by atoms with van der Waals surface area (Å²) in [6, 6.07) is 0.00254. The van der Waals surface area contributed by atoms with Gasteiger partial charge < -0.3 is 15.3 Å². The van der Waals surface area contributed by atoms with Crippen LogP contribution in [0.25, 0.3) is 0 Å². The number of likely N-dealkylation sites (N-methyl/N-ethyl adjacent to an activating group) is 1. The minimum absolute atomic E-state index is 0.00254. The highest BCUT2D eigenvalue weighted by Crippen LogP contribution is 2.11. The Morgan fingerprint density at radius 1 is 1.67 bits per heavy atom. The number of likely N-dealkylation sites (tertiary alicyclic amines) is 1. The molecule has 2 atom stereocenters. The van der Waals surface area contributed by atoms with Crippen molar-refractivity contribution >= 4 is 5.91 Å². The average Bonchev–Trinajstić information content (AvgIpc) is 2.55. The number of aliphatic hydroxyl groups is 1. The molecule has 4 heteroatoms. The average molecular weight is 214 g/mol. The summed E-state index contributed by atoms with van der Waals surface area (Å²) in [4.78, 5) is 13.3. The van der Waals surface area contributed by atoms with Crippen LogP contribution in [0.15, 0.2) is 0 Å². The summed E-state index contributed by atoms with van der Waals surface area (Å²) >= 11 is 0. The van der Waals surface area contributed by atoms with Gasteiger partial charge in [0.1, 0.15) is 0 Å². The molecule has 1 heterocycles.